The van der Waals surface area contributed by atoms with E-state index in [2.05, 4.69) is 10.6 Å². The molecule has 3 aromatic rings. The first-order chi connectivity index (χ1) is 25.3. The van der Waals surface area contributed by atoms with Crippen LogP contribution in [0, 0.1) is 5.92 Å². The van der Waals surface area contributed by atoms with E-state index in [1.165, 1.54) is 9.70 Å². The summed E-state index contributed by atoms with van der Waals surface area (Å²) in [6.07, 6.45) is 5.00. The summed E-state index contributed by atoms with van der Waals surface area (Å²) in [5, 5.41) is 26.3. The van der Waals surface area contributed by atoms with Gasteiger partial charge in [-0.1, -0.05) is 55.8 Å². The Bertz CT molecular complexity index is 1820. The van der Waals surface area contributed by atoms with E-state index in [1.54, 1.807) is 32.9 Å². The van der Waals surface area contributed by atoms with Crippen LogP contribution in [0.5, 0.6) is 5.75 Å². The molecule has 0 spiro atoms. The van der Waals surface area contributed by atoms with Crippen LogP contribution in [0.4, 0.5) is 4.79 Å². The summed E-state index contributed by atoms with van der Waals surface area (Å²) in [6.45, 7) is 7.73. The SMILES string of the molecule is CCOc1ccc(-c2nn([C@H]3C[C@H]4C(=O)N[C@@]5(C(=O)O)C[C@H]5CCCCCCC[C@H](NC(=O)OC(C)(C)C)C(=O)N4C3)nc2-c2cccc(Cl)c2)cc1. The van der Waals surface area contributed by atoms with Crippen molar-refractivity contribution in [3.8, 4) is 28.3 Å². The summed E-state index contributed by atoms with van der Waals surface area (Å²) in [7, 11) is 0. The number of nitrogens with zero attached hydrogens (tertiary/aromatic N) is 4. The van der Waals surface area contributed by atoms with Crippen LogP contribution in [0.3, 0.4) is 0 Å². The molecule has 13 nitrogen and oxygen atoms in total. The van der Waals surface area contributed by atoms with Crippen LogP contribution in [0.1, 0.15) is 91.5 Å². The highest BCUT2D eigenvalue weighted by molar-refractivity contribution is 6.30. The average molecular weight is 749 g/mol. The van der Waals surface area contributed by atoms with Gasteiger partial charge >= 0.3 is 12.1 Å². The molecule has 5 atom stereocenters. The Morgan fingerprint density at radius 2 is 1.68 bits per heavy atom. The van der Waals surface area contributed by atoms with Gasteiger partial charge in [0.05, 0.1) is 12.6 Å². The van der Waals surface area contributed by atoms with E-state index in [-0.39, 0.29) is 18.9 Å². The summed E-state index contributed by atoms with van der Waals surface area (Å²) in [5.41, 5.74) is 0.494. The summed E-state index contributed by atoms with van der Waals surface area (Å²) in [6, 6.07) is 12.2. The standard InChI is InChI=1S/C39H49ClN6O7/c1-5-52-29-18-16-24(17-19-29)32-33(25-12-11-14-27(40)20-25)44-46(43-32)28-21-31-34(47)42-39(36(49)50)22-26(39)13-9-7-6-8-10-15-30(35(48)45(31)23-28)41-37(51)53-38(2,3)4/h11-12,14,16-20,26,28,30-31H,5-10,13,15,21-23H2,1-4H3,(H,41,51)(H,42,47)(H,49,50)/t26-,28+,30+,31+,39+/m1/s1. The first-order valence-electron chi connectivity index (χ1n) is 18.6. The van der Waals surface area contributed by atoms with Gasteiger partial charge in [0, 0.05) is 29.1 Å². The van der Waals surface area contributed by atoms with Crippen LogP contribution in [-0.4, -0.2) is 85.3 Å². The first kappa shape index (κ1) is 38.1. The lowest BCUT2D eigenvalue weighted by molar-refractivity contribution is -0.146. The lowest BCUT2D eigenvalue weighted by atomic mass is 10.0. The second-order valence-corrected chi connectivity index (χ2v) is 15.7. The number of halogens is 1. The molecule has 0 radical (unpaired) electrons. The minimum absolute atomic E-state index is 0.0549. The van der Waals surface area contributed by atoms with Crippen molar-refractivity contribution in [1.82, 2.24) is 30.5 Å². The molecule has 3 fully saturated rings. The van der Waals surface area contributed by atoms with Crippen molar-refractivity contribution < 1.29 is 33.8 Å². The number of carbonyl (C=O) groups is 4. The molecule has 1 saturated carbocycles. The zero-order valence-electron chi connectivity index (χ0n) is 30.8. The Morgan fingerprint density at radius 3 is 2.34 bits per heavy atom. The van der Waals surface area contributed by atoms with E-state index < -0.39 is 53.1 Å². The summed E-state index contributed by atoms with van der Waals surface area (Å²) >= 11 is 6.40. The number of aliphatic carboxylic acids is 1. The van der Waals surface area contributed by atoms with Gasteiger partial charge in [0.2, 0.25) is 11.8 Å². The molecule has 14 heteroatoms. The van der Waals surface area contributed by atoms with Gasteiger partial charge in [-0.05, 0) is 89.3 Å². The molecule has 3 heterocycles. The summed E-state index contributed by atoms with van der Waals surface area (Å²) in [5.74, 6) is -1.53. The molecule has 0 unspecified atom stereocenters. The fourth-order valence-corrected chi connectivity index (χ4v) is 7.68. The van der Waals surface area contributed by atoms with Gasteiger partial charge in [-0.25, -0.2) is 9.59 Å². The maximum atomic E-state index is 14.5. The number of nitrogens with one attached hydrogen (secondary N) is 2. The van der Waals surface area contributed by atoms with Crippen molar-refractivity contribution in [2.75, 3.05) is 13.2 Å². The molecule has 1 aliphatic carbocycles. The van der Waals surface area contributed by atoms with Crippen molar-refractivity contribution in [3.63, 3.8) is 0 Å². The second kappa shape index (κ2) is 15.8. The third kappa shape index (κ3) is 8.77. The Hall–Kier alpha value is -4.65. The molecule has 0 bridgehead atoms. The predicted molar refractivity (Wildman–Crippen MR) is 198 cm³/mol. The highest BCUT2D eigenvalue weighted by Crippen LogP contribution is 2.48. The maximum absolute atomic E-state index is 14.5. The van der Waals surface area contributed by atoms with E-state index >= 15 is 0 Å². The van der Waals surface area contributed by atoms with Crippen molar-refractivity contribution in [3.05, 3.63) is 53.6 Å². The fourth-order valence-electron chi connectivity index (χ4n) is 7.49. The number of fused-ring (bicyclic) bond motifs is 2. The molecule has 3 aliphatic rings. The number of hydrogen-bond donors (Lipinski definition) is 3. The third-order valence-electron chi connectivity index (χ3n) is 10.2. The van der Waals surface area contributed by atoms with Crippen LogP contribution < -0.4 is 15.4 Å². The van der Waals surface area contributed by atoms with Crippen LogP contribution in [-0.2, 0) is 19.1 Å². The molecule has 53 heavy (non-hydrogen) atoms. The molecule has 284 valence electrons. The monoisotopic (exact) mass is 748 g/mol. The number of hydrogen-bond acceptors (Lipinski definition) is 8. The van der Waals surface area contributed by atoms with Gasteiger partial charge in [-0.2, -0.15) is 15.0 Å². The van der Waals surface area contributed by atoms with Gasteiger partial charge in [-0.15, -0.1) is 0 Å². The topological polar surface area (TPSA) is 165 Å². The average Bonchev–Trinajstić information content (AvgIpc) is 3.40. The Balaban J connectivity index is 1.37. The number of alkyl carbamates (subject to hydrolysis) is 1. The van der Waals surface area contributed by atoms with Crippen LogP contribution >= 0.6 is 11.6 Å². The molecule has 2 aromatic carbocycles. The largest absolute Gasteiger partial charge is 0.494 e. The van der Waals surface area contributed by atoms with Gasteiger partial charge in [0.25, 0.3) is 0 Å². The van der Waals surface area contributed by atoms with Crippen molar-refractivity contribution >= 4 is 35.5 Å². The van der Waals surface area contributed by atoms with Crippen LogP contribution in [0.2, 0.25) is 5.02 Å². The van der Waals surface area contributed by atoms with Crippen molar-refractivity contribution in [2.45, 2.75) is 115 Å². The molecule has 2 aliphatic heterocycles. The number of ether oxygens (including phenoxy) is 2. The minimum Gasteiger partial charge on any atom is -0.494 e. The van der Waals surface area contributed by atoms with E-state index in [4.69, 9.17) is 31.3 Å². The molecule has 1 aromatic heterocycles. The van der Waals surface area contributed by atoms with Gasteiger partial charge < -0.3 is 30.1 Å². The fraction of sp³-hybridized carbons (Fsp3) is 0.538. The number of carboxylic acid groups (broad SMARTS) is 1. The summed E-state index contributed by atoms with van der Waals surface area (Å²) < 4.78 is 11.2. The number of carboxylic acids is 1. The number of amides is 3. The lowest BCUT2D eigenvalue weighted by Gasteiger charge is -2.30. The van der Waals surface area contributed by atoms with Crippen LogP contribution in [0.25, 0.3) is 22.5 Å². The predicted octanol–water partition coefficient (Wildman–Crippen LogP) is 6.40. The Labute approximate surface area is 314 Å². The number of rotatable bonds is 7. The molecule has 3 N–H and O–H groups in total. The van der Waals surface area contributed by atoms with E-state index in [0.29, 0.717) is 54.5 Å². The van der Waals surface area contributed by atoms with Gasteiger partial charge in [-0.3, -0.25) is 9.59 Å². The van der Waals surface area contributed by atoms with Crippen LogP contribution in [0.15, 0.2) is 48.5 Å². The zero-order chi connectivity index (χ0) is 37.9. The van der Waals surface area contributed by atoms with E-state index in [0.717, 1.165) is 36.8 Å². The summed E-state index contributed by atoms with van der Waals surface area (Å²) in [4.78, 5) is 57.3. The highest BCUT2D eigenvalue weighted by atomic mass is 35.5. The maximum Gasteiger partial charge on any atom is 0.408 e. The number of carbonyl (C=O) groups excluding carboxylic acids is 3. The van der Waals surface area contributed by atoms with Gasteiger partial charge in [0.1, 0.15) is 40.4 Å². The molecular weight excluding hydrogens is 700 g/mol. The lowest BCUT2D eigenvalue weighted by Crippen LogP contribution is -2.56. The quantitative estimate of drug-likeness (QED) is 0.248. The van der Waals surface area contributed by atoms with E-state index in [1.807, 2.05) is 43.3 Å². The first-order valence-corrected chi connectivity index (χ1v) is 19.0. The molecular formula is C39H49ClN6O7. The number of benzene rings is 2. The van der Waals surface area contributed by atoms with Gasteiger partial charge in [0.15, 0.2) is 0 Å². The molecule has 6 rings (SSSR count). The number of aromatic nitrogens is 3. The van der Waals surface area contributed by atoms with Crippen molar-refractivity contribution in [2.24, 2.45) is 5.92 Å². The normalized spacial score (nSPS) is 25.3. The zero-order valence-corrected chi connectivity index (χ0v) is 31.5. The third-order valence-corrected chi connectivity index (χ3v) is 10.5. The van der Waals surface area contributed by atoms with Crippen molar-refractivity contribution in [1.29, 1.82) is 0 Å². The van der Waals surface area contributed by atoms with E-state index in [9.17, 15) is 24.3 Å². The second-order valence-electron chi connectivity index (χ2n) is 15.3. The highest BCUT2D eigenvalue weighted by Gasteiger charge is 2.62. The molecule has 2 saturated heterocycles. The Morgan fingerprint density at radius 1 is 1.00 bits per heavy atom. The smallest absolute Gasteiger partial charge is 0.408 e. The Kier molecular flexibility index (Phi) is 11.3. The molecule has 3 amide bonds. The minimum atomic E-state index is -1.37.